The highest BCUT2D eigenvalue weighted by Gasteiger charge is 2.18. The topological polar surface area (TPSA) is 108 Å². The van der Waals surface area contributed by atoms with E-state index in [9.17, 15) is 10.1 Å². The highest BCUT2D eigenvalue weighted by atomic mass is 16.6. The smallest absolute Gasteiger partial charge is 0.269 e. The summed E-state index contributed by atoms with van der Waals surface area (Å²) < 4.78 is 5.14. The van der Waals surface area contributed by atoms with Crippen LogP contribution in [-0.2, 0) is 0 Å². The maximum atomic E-state index is 10.6. The highest BCUT2D eigenvalue weighted by Crippen LogP contribution is 2.22. The lowest BCUT2D eigenvalue weighted by Gasteiger charge is -2.09. The molecule has 0 aliphatic heterocycles. The molecule has 0 saturated carbocycles. The Morgan fingerprint density at radius 1 is 1.32 bits per heavy atom. The fourth-order valence-corrected chi connectivity index (χ4v) is 1.49. The Morgan fingerprint density at radius 2 is 1.95 bits per heavy atom. The lowest BCUT2D eigenvalue weighted by atomic mass is 10.1. The summed E-state index contributed by atoms with van der Waals surface area (Å²) in [6.07, 6.45) is 0. The molecule has 2 unspecified atom stereocenters. The van der Waals surface area contributed by atoms with E-state index in [2.05, 4.69) is 10.1 Å². The van der Waals surface area contributed by atoms with Crippen LogP contribution in [0.2, 0.25) is 0 Å². The predicted molar refractivity (Wildman–Crippen MR) is 68.5 cm³/mol. The third-order valence-electron chi connectivity index (χ3n) is 2.96. The van der Waals surface area contributed by atoms with Gasteiger partial charge < -0.3 is 10.3 Å². The number of hydrogen-bond acceptors (Lipinski definition) is 6. The zero-order chi connectivity index (χ0) is 14.0. The molecule has 0 radical (unpaired) electrons. The van der Waals surface area contributed by atoms with Crippen LogP contribution >= 0.6 is 0 Å². The first kappa shape index (κ1) is 13.2. The lowest BCUT2D eigenvalue weighted by Crippen LogP contribution is -2.22. The van der Waals surface area contributed by atoms with Crippen LogP contribution in [0, 0.1) is 10.1 Å². The summed E-state index contributed by atoms with van der Waals surface area (Å²) in [5, 5.41) is 14.4. The van der Waals surface area contributed by atoms with Gasteiger partial charge in [-0.2, -0.15) is 4.98 Å². The first-order valence-corrected chi connectivity index (χ1v) is 5.83. The fourth-order valence-electron chi connectivity index (χ4n) is 1.49. The van der Waals surface area contributed by atoms with Crippen LogP contribution in [0.1, 0.15) is 25.7 Å². The lowest BCUT2D eigenvalue weighted by molar-refractivity contribution is -0.384. The van der Waals surface area contributed by atoms with Crippen molar-refractivity contribution in [3.8, 4) is 11.4 Å². The van der Waals surface area contributed by atoms with Gasteiger partial charge in [0.15, 0.2) is 0 Å². The fraction of sp³-hybridized carbons (Fsp3) is 0.333. The molecule has 0 spiro atoms. The Kier molecular flexibility index (Phi) is 3.57. The molecule has 0 fully saturated rings. The van der Waals surface area contributed by atoms with Crippen LogP contribution in [0.3, 0.4) is 0 Å². The van der Waals surface area contributed by atoms with Gasteiger partial charge in [-0.3, -0.25) is 10.1 Å². The van der Waals surface area contributed by atoms with Crippen molar-refractivity contribution in [2.45, 2.75) is 25.8 Å². The Bertz CT molecular complexity index is 577. The van der Waals surface area contributed by atoms with E-state index in [1.807, 2.05) is 13.8 Å². The van der Waals surface area contributed by atoms with Crippen molar-refractivity contribution in [3.05, 3.63) is 40.3 Å². The van der Waals surface area contributed by atoms with Crippen molar-refractivity contribution in [2.75, 3.05) is 0 Å². The number of nitrogens with two attached hydrogens (primary N) is 1. The second-order valence-corrected chi connectivity index (χ2v) is 4.41. The molecule has 7 heteroatoms. The molecule has 2 atom stereocenters. The molecule has 7 nitrogen and oxygen atoms in total. The van der Waals surface area contributed by atoms with Gasteiger partial charge in [0.1, 0.15) is 0 Å². The summed E-state index contributed by atoms with van der Waals surface area (Å²) in [6.45, 7) is 3.76. The molecule has 1 heterocycles. The van der Waals surface area contributed by atoms with Crippen LogP contribution in [-0.4, -0.2) is 21.1 Å². The summed E-state index contributed by atoms with van der Waals surface area (Å²) in [7, 11) is 0. The quantitative estimate of drug-likeness (QED) is 0.667. The number of hydrogen-bond donors (Lipinski definition) is 1. The summed E-state index contributed by atoms with van der Waals surface area (Å²) in [5.74, 6) is 0.819. The van der Waals surface area contributed by atoms with E-state index in [0.29, 0.717) is 17.3 Å². The molecule has 2 rings (SSSR count). The third kappa shape index (κ3) is 2.76. The monoisotopic (exact) mass is 262 g/mol. The van der Waals surface area contributed by atoms with E-state index >= 15 is 0 Å². The van der Waals surface area contributed by atoms with E-state index in [0.717, 1.165) is 0 Å². The number of non-ortho nitro benzene ring substituents is 1. The standard InChI is InChI=1S/C12H14N4O3/c1-7(8(2)13)12-14-11(15-19-12)9-3-5-10(6-4-9)16(17)18/h3-8H,13H2,1-2H3. The van der Waals surface area contributed by atoms with Crippen molar-refractivity contribution in [3.63, 3.8) is 0 Å². The summed E-state index contributed by atoms with van der Waals surface area (Å²) >= 11 is 0. The third-order valence-corrected chi connectivity index (χ3v) is 2.96. The number of nitro groups is 1. The van der Waals surface area contributed by atoms with Crippen LogP contribution in [0.15, 0.2) is 28.8 Å². The normalized spacial score (nSPS) is 14.1. The molecular formula is C12H14N4O3. The summed E-state index contributed by atoms with van der Waals surface area (Å²) in [5.41, 5.74) is 6.46. The Morgan fingerprint density at radius 3 is 2.47 bits per heavy atom. The molecule has 100 valence electrons. The SMILES string of the molecule is CC(N)C(C)c1nc(-c2ccc([N+](=O)[O-])cc2)no1. The Balaban J connectivity index is 2.25. The average Bonchev–Trinajstić information content (AvgIpc) is 2.87. The van der Waals surface area contributed by atoms with Gasteiger partial charge in [-0.25, -0.2) is 0 Å². The minimum Gasteiger partial charge on any atom is -0.339 e. The van der Waals surface area contributed by atoms with Gasteiger partial charge in [0.05, 0.1) is 10.8 Å². The van der Waals surface area contributed by atoms with Crippen molar-refractivity contribution in [1.29, 1.82) is 0 Å². The molecule has 0 aliphatic carbocycles. The zero-order valence-corrected chi connectivity index (χ0v) is 10.6. The van der Waals surface area contributed by atoms with E-state index in [1.54, 1.807) is 12.1 Å². The predicted octanol–water partition coefficient (Wildman–Crippen LogP) is 2.10. The van der Waals surface area contributed by atoms with Gasteiger partial charge in [-0.1, -0.05) is 12.1 Å². The second kappa shape index (κ2) is 5.15. The van der Waals surface area contributed by atoms with E-state index < -0.39 is 4.92 Å². The van der Waals surface area contributed by atoms with Gasteiger partial charge in [0, 0.05) is 23.7 Å². The van der Waals surface area contributed by atoms with Crippen LogP contribution in [0.4, 0.5) is 5.69 Å². The molecule has 19 heavy (non-hydrogen) atoms. The zero-order valence-electron chi connectivity index (χ0n) is 10.6. The first-order valence-electron chi connectivity index (χ1n) is 5.83. The average molecular weight is 262 g/mol. The number of aromatic nitrogens is 2. The van der Waals surface area contributed by atoms with Crippen LogP contribution in [0.25, 0.3) is 11.4 Å². The van der Waals surface area contributed by atoms with Gasteiger partial charge in [-0.05, 0) is 19.1 Å². The minimum atomic E-state index is -0.455. The van der Waals surface area contributed by atoms with Crippen molar-refractivity contribution >= 4 is 5.69 Å². The molecule has 0 amide bonds. The minimum absolute atomic E-state index is 0.0245. The van der Waals surface area contributed by atoms with Gasteiger partial charge in [-0.15, -0.1) is 0 Å². The molecular weight excluding hydrogens is 248 g/mol. The summed E-state index contributed by atoms with van der Waals surface area (Å²) in [4.78, 5) is 14.4. The van der Waals surface area contributed by atoms with E-state index in [4.69, 9.17) is 10.3 Å². The maximum Gasteiger partial charge on any atom is 0.269 e. The van der Waals surface area contributed by atoms with Gasteiger partial charge in [0.2, 0.25) is 11.7 Å². The first-order chi connectivity index (χ1) is 8.99. The van der Waals surface area contributed by atoms with Gasteiger partial charge >= 0.3 is 0 Å². The molecule has 0 bridgehead atoms. The van der Waals surface area contributed by atoms with Crippen molar-refractivity contribution in [1.82, 2.24) is 10.1 Å². The van der Waals surface area contributed by atoms with Crippen LogP contribution < -0.4 is 5.73 Å². The molecule has 1 aromatic carbocycles. The second-order valence-electron chi connectivity index (χ2n) is 4.41. The van der Waals surface area contributed by atoms with Crippen molar-refractivity contribution < 1.29 is 9.45 Å². The summed E-state index contributed by atoms with van der Waals surface area (Å²) in [6, 6.07) is 5.89. The number of nitrogens with zero attached hydrogens (tertiary/aromatic N) is 3. The molecule has 0 aliphatic rings. The Hall–Kier alpha value is -2.28. The van der Waals surface area contributed by atoms with E-state index in [1.165, 1.54) is 12.1 Å². The van der Waals surface area contributed by atoms with E-state index in [-0.39, 0.29) is 17.6 Å². The maximum absolute atomic E-state index is 10.6. The number of nitro benzene ring substituents is 1. The Labute approximate surface area is 109 Å². The van der Waals surface area contributed by atoms with Crippen molar-refractivity contribution in [2.24, 2.45) is 5.73 Å². The molecule has 0 saturated heterocycles. The largest absolute Gasteiger partial charge is 0.339 e. The molecule has 2 N–H and O–H groups in total. The molecule has 1 aromatic heterocycles. The number of benzene rings is 1. The molecule has 2 aromatic rings. The number of rotatable bonds is 4. The highest BCUT2D eigenvalue weighted by molar-refractivity contribution is 5.56. The van der Waals surface area contributed by atoms with Crippen LogP contribution in [0.5, 0.6) is 0 Å². The van der Waals surface area contributed by atoms with Gasteiger partial charge in [0.25, 0.3) is 5.69 Å².